The molecule has 2 aliphatic rings. The summed E-state index contributed by atoms with van der Waals surface area (Å²) in [5.41, 5.74) is 0.726. The highest BCUT2D eigenvalue weighted by molar-refractivity contribution is 7.91. The number of aliphatic imine (C=N–C) groups is 1. The summed E-state index contributed by atoms with van der Waals surface area (Å²) in [5, 5.41) is 6.50. The Morgan fingerprint density at radius 1 is 1.35 bits per heavy atom. The zero-order valence-corrected chi connectivity index (χ0v) is 13.9. The lowest BCUT2D eigenvalue weighted by Gasteiger charge is -2.16. The highest BCUT2D eigenvalue weighted by atomic mass is 32.2. The molecule has 1 aromatic rings. The number of hydrogen-bond donors (Lipinski definition) is 2. The first-order valence-corrected chi connectivity index (χ1v) is 9.83. The van der Waals surface area contributed by atoms with Gasteiger partial charge >= 0.3 is 0 Å². The lowest BCUT2D eigenvalue weighted by atomic mass is 10.1. The third kappa shape index (κ3) is 4.02. The monoisotopic (exact) mass is 339 g/mol. The first kappa shape index (κ1) is 16.2. The first-order valence-electron chi connectivity index (χ1n) is 8.01. The molecule has 2 fully saturated rings. The standard InChI is InChI=1S/C16H22FN3O2S/c1-2-18-16(19-11-7-8-23(21,22)10-11)20-15-9-13(15)12-5-3-4-6-14(12)17/h3-6,11,13,15H,2,7-10H2,1H3,(H2,18,19,20). The van der Waals surface area contributed by atoms with Crippen LogP contribution in [0.1, 0.15) is 31.2 Å². The topological polar surface area (TPSA) is 70.6 Å². The second-order valence-electron chi connectivity index (χ2n) is 6.18. The summed E-state index contributed by atoms with van der Waals surface area (Å²) >= 11 is 0. The van der Waals surface area contributed by atoms with E-state index in [1.807, 2.05) is 19.1 Å². The largest absolute Gasteiger partial charge is 0.353 e. The van der Waals surface area contributed by atoms with Gasteiger partial charge in [0, 0.05) is 24.5 Å². The smallest absolute Gasteiger partial charge is 0.191 e. The zero-order valence-electron chi connectivity index (χ0n) is 13.1. The Labute approximate surface area is 136 Å². The SMILES string of the molecule is CCN=C(NC1CCS(=O)(=O)C1)NC1CC1c1ccccc1F. The molecule has 0 bridgehead atoms. The maximum absolute atomic E-state index is 13.8. The molecule has 2 N–H and O–H groups in total. The molecule has 126 valence electrons. The van der Waals surface area contributed by atoms with E-state index in [0.717, 1.165) is 12.0 Å². The lowest BCUT2D eigenvalue weighted by Crippen LogP contribution is -2.45. The molecule has 3 rings (SSSR count). The molecule has 23 heavy (non-hydrogen) atoms. The number of sulfone groups is 1. The maximum Gasteiger partial charge on any atom is 0.191 e. The highest BCUT2D eigenvalue weighted by Crippen LogP contribution is 2.41. The number of hydrogen-bond acceptors (Lipinski definition) is 3. The van der Waals surface area contributed by atoms with Gasteiger partial charge in [0.05, 0.1) is 11.5 Å². The molecule has 5 nitrogen and oxygen atoms in total. The average Bonchev–Trinajstić information content (AvgIpc) is 3.15. The Balaban J connectivity index is 1.59. The van der Waals surface area contributed by atoms with Gasteiger partial charge in [0.25, 0.3) is 0 Å². The molecule has 7 heteroatoms. The van der Waals surface area contributed by atoms with Gasteiger partial charge in [0.1, 0.15) is 5.82 Å². The summed E-state index contributed by atoms with van der Waals surface area (Å²) in [6, 6.07) is 6.88. The van der Waals surface area contributed by atoms with Crippen LogP contribution >= 0.6 is 0 Å². The van der Waals surface area contributed by atoms with Crippen molar-refractivity contribution < 1.29 is 12.8 Å². The summed E-state index contributed by atoms with van der Waals surface area (Å²) in [5.74, 6) is 0.973. The molecular weight excluding hydrogens is 317 g/mol. The van der Waals surface area contributed by atoms with E-state index in [4.69, 9.17) is 0 Å². The molecule has 1 aliphatic heterocycles. The number of nitrogens with zero attached hydrogens (tertiary/aromatic N) is 1. The molecule has 1 saturated carbocycles. The third-order valence-electron chi connectivity index (χ3n) is 4.31. The Morgan fingerprint density at radius 2 is 2.13 bits per heavy atom. The van der Waals surface area contributed by atoms with E-state index in [1.165, 1.54) is 6.07 Å². The van der Waals surface area contributed by atoms with Gasteiger partial charge in [0.15, 0.2) is 15.8 Å². The molecule has 3 unspecified atom stereocenters. The number of nitrogens with one attached hydrogen (secondary N) is 2. The van der Waals surface area contributed by atoms with Crippen molar-refractivity contribution in [3.63, 3.8) is 0 Å². The minimum absolute atomic E-state index is 0.0940. The van der Waals surface area contributed by atoms with Crippen molar-refractivity contribution >= 4 is 15.8 Å². The van der Waals surface area contributed by atoms with Gasteiger partial charge in [-0.15, -0.1) is 0 Å². The minimum atomic E-state index is -2.92. The van der Waals surface area contributed by atoms with Gasteiger partial charge in [-0.3, -0.25) is 4.99 Å². The van der Waals surface area contributed by atoms with Crippen molar-refractivity contribution in [2.45, 2.75) is 37.8 Å². The van der Waals surface area contributed by atoms with E-state index in [0.29, 0.717) is 18.9 Å². The van der Waals surface area contributed by atoms with Crippen LogP contribution < -0.4 is 10.6 Å². The van der Waals surface area contributed by atoms with Gasteiger partial charge in [-0.05, 0) is 31.4 Å². The van der Waals surface area contributed by atoms with Crippen molar-refractivity contribution in [1.29, 1.82) is 0 Å². The molecular formula is C16H22FN3O2S. The van der Waals surface area contributed by atoms with Gasteiger partial charge in [-0.2, -0.15) is 0 Å². The Hall–Kier alpha value is -1.63. The first-order chi connectivity index (χ1) is 11.0. The molecule has 3 atom stereocenters. The summed E-state index contributed by atoms with van der Waals surface area (Å²) < 4.78 is 36.9. The molecule has 1 saturated heterocycles. The predicted octanol–water partition coefficient (Wildman–Crippen LogP) is 1.42. The van der Waals surface area contributed by atoms with E-state index < -0.39 is 9.84 Å². The van der Waals surface area contributed by atoms with E-state index in [-0.39, 0.29) is 35.3 Å². The number of guanidine groups is 1. The Kier molecular flexibility index (Phi) is 4.57. The van der Waals surface area contributed by atoms with Crippen LogP contribution in [-0.2, 0) is 9.84 Å². The molecule has 0 radical (unpaired) electrons. The van der Waals surface area contributed by atoms with Crippen LogP contribution in [0.5, 0.6) is 0 Å². The third-order valence-corrected chi connectivity index (χ3v) is 6.07. The average molecular weight is 339 g/mol. The molecule has 0 aromatic heterocycles. The van der Waals surface area contributed by atoms with Gasteiger partial charge in [-0.25, -0.2) is 12.8 Å². The molecule has 0 spiro atoms. The van der Waals surface area contributed by atoms with Crippen LogP contribution in [0.15, 0.2) is 29.3 Å². The van der Waals surface area contributed by atoms with E-state index >= 15 is 0 Å². The fourth-order valence-corrected chi connectivity index (χ4v) is 4.72. The van der Waals surface area contributed by atoms with E-state index in [1.54, 1.807) is 6.07 Å². The molecule has 1 aromatic carbocycles. The van der Waals surface area contributed by atoms with Gasteiger partial charge in [-0.1, -0.05) is 18.2 Å². The summed E-state index contributed by atoms with van der Waals surface area (Å²) in [4.78, 5) is 4.37. The number of halogens is 1. The van der Waals surface area contributed by atoms with Crippen LogP contribution in [0.2, 0.25) is 0 Å². The van der Waals surface area contributed by atoms with Crippen molar-refractivity contribution in [2.24, 2.45) is 4.99 Å². The Bertz CT molecular complexity index is 705. The fourth-order valence-electron chi connectivity index (χ4n) is 3.04. The predicted molar refractivity (Wildman–Crippen MR) is 88.9 cm³/mol. The summed E-state index contributed by atoms with van der Waals surface area (Å²) in [6.45, 7) is 2.53. The van der Waals surface area contributed by atoms with Crippen LogP contribution in [0.25, 0.3) is 0 Å². The van der Waals surface area contributed by atoms with Crippen LogP contribution in [0.4, 0.5) is 4.39 Å². The molecule has 0 amide bonds. The number of benzene rings is 1. The van der Waals surface area contributed by atoms with Crippen molar-refractivity contribution in [3.05, 3.63) is 35.6 Å². The van der Waals surface area contributed by atoms with Crippen LogP contribution in [0, 0.1) is 5.82 Å². The number of rotatable bonds is 4. The second-order valence-corrected chi connectivity index (χ2v) is 8.41. The van der Waals surface area contributed by atoms with Crippen molar-refractivity contribution in [1.82, 2.24) is 10.6 Å². The van der Waals surface area contributed by atoms with E-state index in [2.05, 4.69) is 15.6 Å². The van der Waals surface area contributed by atoms with Crippen LogP contribution in [-0.4, -0.2) is 44.5 Å². The van der Waals surface area contributed by atoms with Crippen LogP contribution in [0.3, 0.4) is 0 Å². The van der Waals surface area contributed by atoms with E-state index in [9.17, 15) is 12.8 Å². The quantitative estimate of drug-likeness (QED) is 0.643. The highest BCUT2D eigenvalue weighted by Gasteiger charge is 2.41. The minimum Gasteiger partial charge on any atom is -0.353 e. The molecule has 1 aliphatic carbocycles. The second kappa shape index (κ2) is 6.47. The van der Waals surface area contributed by atoms with Crippen molar-refractivity contribution in [3.8, 4) is 0 Å². The fraction of sp³-hybridized carbons (Fsp3) is 0.562. The summed E-state index contributed by atoms with van der Waals surface area (Å²) in [6.07, 6.45) is 1.46. The van der Waals surface area contributed by atoms with Gasteiger partial charge in [0.2, 0.25) is 0 Å². The summed E-state index contributed by atoms with van der Waals surface area (Å²) in [7, 11) is -2.92. The molecule has 1 heterocycles. The maximum atomic E-state index is 13.8. The zero-order chi connectivity index (χ0) is 16.4. The van der Waals surface area contributed by atoms with Crippen molar-refractivity contribution in [2.75, 3.05) is 18.1 Å². The lowest BCUT2D eigenvalue weighted by molar-refractivity contribution is 0.598. The van der Waals surface area contributed by atoms with Gasteiger partial charge < -0.3 is 10.6 Å². The Morgan fingerprint density at radius 3 is 2.78 bits per heavy atom. The normalized spacial score (nSPS) is 29.3.